The second kappa shape index (κ2) is 7.85. The predicted molar refractivity (Wildman–Crippen MR) is 83.6 cm³/mol. The summed E-state index contributed by atoms with van der Waals surface area (Å²) in [6.45, 7) is 1.61. The molecular weight excluding hydrogens is 288 g/mol. The average Bonchev–Trinajstić information content (AvgIpc) is 3.03. The number of aromatic nitrogens is 1. The first-order valence-corrected chi connectivity index (χ1v) is 7.59. The summed E-state index contributed by atoms with van der Waals surface area (Å²) in [5.74, 6) is 1.97. The van der Waals surface area contributed by atoms with Crippen molar-refractivity contribution in [1.82, 2.24) is 10.3 Å². The molecule has 0 bridgehead atoms. The maximum Gasteiger partial charge on any atom is 0.203 e. The van der Waals surface area contributed by atoms with Gasteiger partial charge in [0.1, 0.15) is 0 Å². The number of methoxy groups -OCH3 is 3. The van der Waals surface area contributed by atoms with Crippen molar-refractivity contribution in [2.75, 3.05) is 27.9 Å². The van der Waals surface area contributed by atoms with Crippen LogP contribution >= 0.6 is 11.3 Å². The van der Waals surface area contributed by atoms with E-state index in [0.717, 1.165) is 30.8 Å². The Kier molecular flexibility index (Phi) is 5.83. The minimum absolute atomic E-state index is 0.617. The number of rotatable bonds is 8. The van der Waals surface area contributed by atoms with Crippen molar-refractivity contribution >= 4 is 11.3 Å². The molecule has 0 fully saturated rings. The van der Waals surface area contributed by atoms with Gasteiger partial charge in [-0.25, -0.2) is 4.98 Å². The van der Waals surface area contributed by atoms with Crippen LogP contribution in [0.1, 0.15) is 11.3 Å². The molecule has 0 aliphatic heterocycles. The summed E-state index contributed by atoms with van der Waals surface area (Å²) in [5, 5.41) is 5.46. The van der Waals surface area contributed by atoms with Crippen LogP contribution in [0.5, 0.6) is 17.2 Å². The summed E-state index contributed by atoms with van der Waals surface area (Å²) in [4.78, 5) is 4.26. The normalized spacial score (nSPS) is 10.4. The van der Waals surface area contributed by atoms with E-state index in [1.54, 1.807) is 32.7 Å². The molecular formula is C15H20N2O3S. The lowest BCUT2D eigenvalue weighted by Gasteiger charge is -2.14. The number of hydrogen-bond donors (Lipinski definition) is 1. The van der Waals surface area contributed by atoms with Gasteiger partial charge in [-0.3, -0.25) is 0 Å². The quantitative estimate of drug-likeness (QED) is 0.759. The van der Waals surface area contributed by atoms with Gasteiger partial charge in [0.2, 0.25) is 5.75 Å². The SMILES string of the molecule is COc1cc(CNCCc2cscn2)cc(OC)c1OC. The van der Waals surface area contributed by atoms with Crippen molar-refractivity contribution in [2.24, 2.45) is 0 Å². The van der Waals surface area contributed by atoms with E-state index < -0.39 is 0 Å². The maximum absolute atomic E-state index is 5.34. The molecule has 1 aromatic carbocycles. The van der Waals surface area contributed by atoms with Crippen molar-refractivity contribution in [3.63, 3.8) is 0 Å². The smallest absolute Gasteiger partial charge is 0.203 e. The van der Waals surface area contributed by atoms with E-state index in [-0.39, 0.29) is 0 Å². The van der Waals surface area contributed by atoms with Crippen LogP contribution in [0, 0.1) is 0 Å². The van der Waals surface area contributed by atoms with Crippen LogP contribution in [0.4, 0.5) is 0 Å². The Balaban J connectivity index is 1.96. The summed E-state index contributed by atoms with van der Waals surface area (Å²) in [6.07, 6.45) is 0.925. The molecule has 2 rings (SSSR count). The summed E-state index contributed by atoms with van der Waals surface area (Å²) in [5.41, 5.74) is 4.06. The lowest BCUT2D eigenvalue weighted by molar-refractivity contribution is 0.323. The molecule has 5 nitrogen and oxygen atoms in total. The Morgan fingerprint density at radius 3 is 2.33 bits per heavy atom. The highest BCUT2D eigenvalue weighted by Gasteiger charge is 2.12. The standard InChI is InChI=1S/C15H20N2O3S/c1-18-13-6-11(7-14(19-2)15(13)20-3)8-16-5-4-12-9-21-10-17-12/h6-7,9-10,16H,4-5,8H2,1-3H3. The zero-order chi connectivity index (χ0) is 15.1. The van der Waals surface area contributed by atoms with Crippen LogP contribution in [0.15, 0.2) is 23.0 Å². The van der Waals surface area contributed by atoms with E-state index in [0.29, 0.717) is 17.2 Å². The van der Waals surface area contributed by atoms with E-state index in [4.69, 9.17) is 14.2 Å². The predicted octanol–water partition coefficient (Wildman–Crippen LogP) is 2.50. The molecule has 2 aromatic rings. The van der Waals surface area contributed by atoms with Gasteiger partial charge in [-0.2, -0.15) is 0 Å². The highest BCUT2D eigenvalue weighted by atomic mass is 32.1. The van der Waals surface area contributed by atoms with Gasteiger partial charge in [0.15, 0.2) is 11.5 Å². The number of nitrogens with zero attached hydrogens (tertiary/aromatic N) is 1. The monoisotopic (exact) mass is 308 g/mol. The fourth-order valence-corrected chi connectivity index (χ4v) is 2.64. The molecule has 6 heteroatoms. The van der Waals surface area contributed by atoms with E-state index in [1.807, 2.05) is 17.6 Å². The van der Waals surface area contributed by atoms with Gasteiger partial charge in [0.05, 0.1) is 32.5 Å². The molecule has 0 atom stereocenters. The van der Waals surface area contributed by atoms with Crippen LogP contribution in [0.25, 0.3) is 0 Å². The number of nitrogens with one attached hydrogen (secondary N) is 1. The van der Waals surface area contributed by atoms with Crippen LogP contribution in [0.2, 0.25) is 0 Å². The van der Waals surface area contributed by atoms with Gasteiger partial charge in [-0.15, -0.1) is 11.3 Å². The lowest BCUT2D eigenvalue weighted by Crippen LogP contribution is -2.17. The summed E-state index contributed by atoms with van der Waals surface area (Å²) in [6, 6.07) is 3.91. The minimum atomic E-state index is 0.617. The summed E-state index contributed by atoms with van der Waals surface area (Å²) in [7, 11) is 4.85. The largest absolute Gasteiger partial charge is 0.493 e. The Labute approximate surface area is 128 Å². The first kappa shape index (κ1) is 15.6. The zero-order valence-corrected chi connectivity index (χ0v) is 13.3. The van der Waals surface area contributed by atoms with Gasteiger partial charge in [-0.1, -0.05) is 0 Å². The Bertz CT molecular complexity index is 533. The average molecular weight is 308 g/mol. The lowest BCUT2D eigenvalue weighted by atomic mass is 10.1. The van der Waals surface area contributed by atoms with Gasteiger partial charge < -0.3 is 19.5 Å². The molecule has 1 heterocycles. The third kappa shape index (κ3) is 4.09. The molecule has 0 aliphatic rings. The van der Waals surface area contributed by atoms with Gasteiger partial charge in [0.25, 0.3) is 0 Å². The fraction of sp³-hybridized carbons (Fsp3) is 0.400. The molecule has 1 aromatic heterocycles. The van der Waals surface area contributed by atoms with E-state index in [2.05, 4.69) is 15.7 Å². The highest BCUT2D eigenvalue weighted by molar-refractivity contribution is 7.07. The number of benzene rings is 1. The third-order valence-electron chi connectivity index (χ3n) is 3.10. The van der Waals surface area contributed by atoms with Gasteiger partial charge in [0, 0.05) is 24.9 Å². The molecule has 1 N–H and O–H groups in total. The van der Waals surface area contributed by atoms with Crippen molar-refractivity contribution in [3.8, 4) is 17.2 Å². The minimum Gasteiger partial charge on any atom is -0.493 e. The molecule has 0 aliphatic carbocycles. The highest BCUT2D eigenvalue weighted by Crippen LogP contribution is 2.38. The number of ether oxygens (including phenoxy) is 3. The summed E-state index contributed by atoms with van der Waals surface area (Å²) >= 11 is 1.62. The van der Waals surface area contributed by atoms with Crippen molar-refractivity contribution < 1.29 is 14.2 Å². The molecule has 0 saturated carbocycles. The van der Waals surface area contributed by atoms with E-state index in [1.165, 1.54) is 0 Å². The van der Waals surface area contributed by atoms with Crippen LogP contribution in [0.3, 0.4) is 0 Å². The van der Waals surface area contributed by atoms with E-state index in [9.17, 15) is 0 Å². The number of thiazole rings is 1. The first-order valence-electron chi connectivity index (χ1n) is 6.65. The van der Waals surface area contributed by atoms with Crippen LogP contribution in [-0.4, -0.2) is 32.9 Å². The topological polar surface area (TPSA) is 52.6 Å². The zero-order valence-electron chi connectivity index (χ0n) is 12.5. The van der Waals surface area contributed by atoms with Gasteiger partial charge in [-0.05, 0) is 17.7 Å². The molecule has 0 radical (unpaired) electrons. The Hall–Kier alpha value is -1.79. The van der Waals surface area contributed by atoms with Gasteiger partial charge >= 0.3 is 0 Å². The molecule has 0 amide bonds. The molecule has 21 heavy (non-hydrogen) atoms. The molecule has 0 unspecified atom stereocenters. The molecule has 0 saturated heterocycles. The Morgan fingerprint density at radius 1 is 1.10 bits per heavy atom. The van der Waals surface area contributed by atoms with Crippen LogP contribution in [-0.2, 0) is 13.0 Å². The van der Waals surface area contributed by atoms with Crippen molar-refractivity contribution in [3.05, 3.63) is 34.3 Å². The number of hydrogen-bond acceptors (Lipinski definition) is 6. The van der Waals surface area contributed by atoms with Crippen molar-refractivity contribution in [1.29, 1.82) is 0 Å². The fourth-order valence-electron chi connectivity index (χ4n) is 2.05. The molecule has 0 spiro atoms. The van der Waals surface area contributed by atoms with E-state index >= 15 is 0 Å². The van der Waals surface area contributed by atoms with Crippen LogP contribution < -0.4 is 19.5 Å². The third-order valence-corrected chi connectivity index (χ3v) is 3.73. The maximum atomic E-state index is 5.34. The Morgan fingerprint density at radius 2 is 1.81 bits per heavy atom. The molecule has 114 valence electrons. The second-order valence-electron chi connectivity index (χ2n) is 4.44. The van der Waals surface area contributed by atoms with Crippen molar-refractivity contribution in [2.45, 2.75) is 13.0 Å². The first-order chi connectivity index (χ1) is 10.3. The second-order valence-corrected chi connectivity index (χ2v) is 5.16. The summed E-state index contributed by atoms with van der Waals surface area (Å²) < 4.78 is 16.0.